The molecule has 4 heterocycles. The summed E-state index contributed by atoms with van der Waals surface area (Å²) in [6.07, 6.45) is 9.73. The molecule has 148 valence electrons. The van der Waals surface area contributed by atoms with E-state index in [0.717, 1.165) is 34.1 Å². The van der Waals surface area contributed by atoms with Crippen molar-refractivity contribution in [2.24, 2.45) is 5.73 Å². The zero-order valence-electron chi connectivity index (χ0n) is 16.3. The van der Waals surface area contributed by atoms with Gasteiger partial charge in [-0.3, -0.25) is 9.97 Å². The molecular formula is C24H21N5O. The second-order valence-corrected chi connectivity index (χ2v) is 7.27. The number of aromatic amines is 1. The van der Waals surface area contributed by atoms with Gasteiger partial charge in [0.15, 0.2) is 0 Å². The van der Waals surface area contributed by atoms with Crippen molar-refractivity contribution in [1.82, 2.24) is 19.9 Å². The van der Waals surface area contributed by atoms with Gasteiger partial charge in [-0.1, -0.05) is 18.2 Å². The molecule has 0 aliphatic carbocycles. The van der Waals surface area contributed by atoms with Crippen LogP contribution in [0.2, 0.25) is 0 Å². The number of para-hydroxylation sites is 1. The molecule has 6 nitrogen and oxygen atoms in total. The van der Waals surface area contributed by atoms with Crippen molar-refractivity contribution in [3.8, 4) is 17.0 Å². The number of benzene rings is 1. The Kier molecular flexibility index (Phi) is 4.83. The largest absolute Gasteiger partial charge is 0.490 e. The summed E-state index contributed by atoms with van der Waals surface area (Å²) < 4.78 is 6.04. The highest BCUT2D eigenvalue weighted by Gasteiger charge is 2.12. The van der Waals surface area contributed by atoms with Gasteiger partial charge in [-0.2, -0.15) is 0 Å². The van der Waals surface area contributed by atoms with Crippen LogP contribution >= 0.6 is 0 Å². The van der Waals surface area contributed by atoms with Crippen LogP contribution in [0.25, 0.3) is 33.1 Å². The van der Waals surface area contributed by atoms with Crippen molar-refractivity contribution in [2.45, 2.75) is 12.5 Å². The third-order valence-electron chi connectivity index (χ3n) is 5.16. The summed E-state index contributed by atoms with van der Waals surface area (Å²) in [5.74, 6) is 0.690. The molecular weight excluding hydrogens is 374 g/mol. The van der Waals surface area contributed by atoms with Gasteiger partial charge in [0.1, 0.15) is 12.4 Å². The van der Waals surface area contributed by atoms with Gasteiger partial charge in [-0.05, 0) is 42.3 Å². The van der Waals surface area contributed by atoms with E-state index in [0.29, 0.717) is 12.4 Å². The minimum absolute atomic E-state index is 0.136. The maximum atomic E-state index is 6.37. The Morgan fingerprint density at radius 3 is 2.70 bits per heavy atom. The van der Waals surface area contributed by atoms with E-state index in [-0.39, 0.29) is 6.04 Å². The molecule has 5 rings (SSSR count). The van der Waals surface area contributed by atoms with Gasteiger partial charge in [0.25, 0.3) is 0 Å². The smallest absolute Gasteiger partial charge is 0.147 e. The zero-order valence-corrected chi connectivity index (χ0v) is 16.3. The van der Waals surface area contributed by atoms with Gasteiger partial charge in [0.2, 0.25) is 0 Å². The molecule has 5 aromatic rings. The van der Waals surface area contributed by atoms with Crippen molar-refractivity contribution >= 4 is 21.8 Å². The summed E-state index contributed by atoms with van der Waals surface area (Å²) in [7, 11) is 0. The Balaban J connectivity index is 1.32. The van der Waals surface area contributed by atoms with Crippen LogP contribution in [-0.2, 0) is 6.42 Å². The molecule has 6 heteroatoms. The Bertz CT molecular complexity index is 1300. The number of nitrogens with one attached hydrogen (secondary N) is 1. The highest BCUT2D eigenvalue weighted by Crippen LogP contribution is 2.27. The van der Waals surface area contributed by atoms with Gasteiger partial charge in [-0.25, -0.2) is 4.98 Å². The summed E-state index contributed by atoms with van der Waals surface area (Å²) in [5.41, 5.74) is 11.4. The average molecular weight is 395 g/mol. The van der Waals surface area contributed by atoms with E-state index in [9.17, 15) is 0 Å². The molecule has 0 amide bonds. The summed E-state index contributed by atoms with van der Waals surface area (Å²) in [4.78, 5) is 16.4. The van der Waals surface area contributed by atoms with E-state index in [1.54, 1.807) is 24.8 Å². The third-order valence-corrected chi connectivity index (χ3v) is 5.16. The molecule has 0 spiro atoms. The summed E-state index contributed by atoms with van der Waals surface area (Å²) in [5, 5.41) is 2.12. The number of rotatable bonds is 6. The summed E-state index contributed by atoms with van der Waals surface area (Å²) in [6, 6.07) is 16.0. The predicted molar refractivity (Wildman–Crippen MR) is 118 cm³/mol. The number of nitrogens with zero attached hydrogens (tertiary/aromatic N) is 3. The number of hydrogen-bond acceptors (Lipinski definition) is 5. The Morgan fingerprint density at radius 2 is 1.80 bits per heavy atom. The van der Waals surface area contributed by atoms with E-state index >= 15 is 0 Å². The van der Waals surface area contributed by atoms with Crippen molar-refractivity contribution in [3.63, 3.8) is 0 Å². The van der Waals surface area contributed by atoms with Crippen LogP contribution in [0.4, 0.5) is 0 Å². The van der Waals surface area contributed by atoms with Gasteiger partial charge in [0, 0.05) is 46.5 Å². The zero-order chi connectivity index (χ0) is 20.3. The molecule has 0 radical (unpaired) electrons. The average Bonchev–Trinajstić information content (AvgIpc) is 3.20. The summed E-state index contributed by atoms with van der Waals surface area (Å²) >= 11 is 0. The second kappa shape index (κ2) is 7.93. The fraction of sp³-hybridized carbons (Fsp3) is 0.125. The first-order chi connectivity index (χ1) is 14.8. The van der Waals surface area contributed by atoms with E-state index in [4.69, 9.17) is 15.5 Å². The van der Waals surface area contributed by atoms with Crippen LogP contribution < -0.4 is 10.5 Å². The predicted octanol–water partition coefficient (Wildman–Crippen LogP) is 4.12. The Labute approximate surface area is 173 Å². The molecule has 0 aliphatic rings. The van der Waals surface area contributed by atoms with E-state index in [2.05, 4.69) is 27.1 Å². The van der Waals surface area contributed by atoms with Crippen LogP contribution in [0, 0.1) is 0 Å². The van der Waals surface area contributed by atoms with Crippen LogP contribution in [0.3, 0.4) is 0 Å². The Morgan fingerprint density at radius 1 is 0.933 bits per heavy atom. The number of fused-ring (bicyclic) bond motifs is 2. The maximum absolute atomic E-state index is 6.37. The lowest BCUT2D eigenvalue weighted by atomic mass is 10.1. The minimum atomic E-state index is -0.136. The minimum Gasteiger partial charge on any atom is -0.490 e. The fourth-order valence-electron chi connectivity index (χ4n) is 3.66. The quantitative estimate of drug-likeness (QED) is 0.451. The fourth-order valence-corrected chi connectivity index (χ4v) is 3.66. The molecule has 0 aliphatic heterocycles. The molecule has 3 N–H and O–H groups in total. The van der Waals surface area contributed by atoms with Gasteiger partial charge < -0.3 is 15.5 Å². The first-order valence-corrected chi connectivity index (χ1v) is 9.86. The van der Waals surface area contributed by atoms with E-state index < -0.39 is 0 Å². The lowest BCUT2D eigenvalue weighted by Gasteiger charge is -2.14. The molecule has 30 heavy (non-hydrogen) atoms. The van der Waals surface area contributed by atoms with Crippen molar-refractivity contribution in [3.05, 3.63) is 85.1 Å². The van der Waals surface area contributed by atoms with E-state index in [1.165, 1.54) is 10.9 Å². The number of aromatic nitrogens is 4. The van der Waals surface area contributed by atoms with Gasteiger partial charge in [-0.15, -0.1) is 0 Å². The van der Waals surface area contributed by atoms with Crippen LogP contribution in [0.5, 0.6) is 5.75 Å². The normalized spacial score (nSPS) is 12.3. The maximum Gasteiger partial charge on any atom is 0.147 e. The topological polar surface area (TPSA) is 89.7 Å². The monoisotopic (exact) mass is 395 g/mol. The summed E-state index contributed by atoms with van der Waals surface area (Å²) in [6.45, 7) is 0.395. The number of nitrogens with two attached hydrogens (primary N) is 1. The second-order valence-electron chi connectivity index (χ2n) is 7.27. The number of H-pyrrole nitrogens is 1. The standard InChI is InChI=1S/C24H21N5O/c25-18(11-17-12-28-22-4-2-1-3-19(17)22)15-30-24-14-27-13-23-20(24)5-6-21(29-23)16-7-9-26-10-8-16/h1-10,12-14,18,28H,11,15,25H2/t18-/m1/s1. The van der Waals surface area contributed by atoms with Crippen molar-refractivity contribution in [2.75, 3.05) is 6.61 Å². The molecule has 0 saturated heterocycles. The van der Waals surface area contributed by atoms with Gasteiger partial charge in [0.05, 0.1) is 23.6 Å². The lowest BCUT2D eigenvalue weighted by Crippen LogP contribution is -2.30. The molecule has 1 atom stereocenters. The number of pyridine rings is 3. The van der Waals surface area contributed by atoms with Crippen molar-refractivity contribution in [1.29, 1.82) is 0 Å². The molecule has 0 bridgehead atoms. The van der Waals surface area contributed by atoms with E-state index in [1.807, 2.05) is 42.6 Å². The van der Waals surface area contributed by atoms with Gasteiger partial charge >= 0.3 is 0 Å². The first-order valence-electron chi connectivity index (χ1n) is 9.86. The highest BCUT2D eigenvalue weighted by atomic mass is 16.5. The molecule has 0 fully saturated rings. The molecule has 0 saturated carbocycles. The molecule has 0 unspecified atom stereocenters. The van der Waals surface area contributed by atoms with Crippen molar-refractivity contribution < 1.29 is 4.74 Å². The lowest BCUT2D eigenvalue weighted by molar-refractivity contribution is 0.290. The SMILES string of the molecule is N[C@@H](COc1cncc2nc(-c3ccncc3)ccc12)Cc1c[nH]c2ccccc12. The molecule has 1 aromatic carbocycles. The molecule has 4 aromatic heterocycles. The first kappa shape index (κ1) is 18.3. The number of hydrogen-bond donors (Lipinski definition) is 2. The third kappa shape index (κ3) is 3.60. The van der Waals surface area contributed by atoms with Crippen LogP contribution in [-0.4, -0.2) is 32.6 Å². The number of ether oxygens (including phenoxy) is 1. The Hall–Kier alpha value is -3.77. The highest BCUT2D eigenvalue weighted by molar-refractivity contribution is 5.86. The van der Waals surface area contributed by atoms with Crippen LogP contribution in [0.1, 0.15) is 5.56 Å². The van der Waals surface area contributed by atoms with Crippen LogP contribution in [0.15, 0.2) is 79.5 Å².